The van der Waals surface area contributed by atoms with Gasteiger partial charge in [-0.2, -0.15) is 0 Å². The molecular formula is C13H18O2. The maximum absolute atomic E-state index is 10.6. The zero-order valence-electron chi connectivity index (χ0n) is 9.36. The number of rotatable bonds is 2. The molecule has 1 N–H and O–H groups in total. The molecule has 0 bridgehead atoms. The predicted molar refractivity (Wildman–Crippen MR) is 59.9 cm³/mol. The van der Waals surface area contributed by atoms with Gasteiger partial charge in [-0.25, -0.2) is 0 Å². The lowest BCUT2D eigenvalue weighted by Crippen LogP contribution is -2.28. The first-order chi connectivity index (χ1) is 7.16. The van der Waals surface area contributed by atoms with Crippen molar-refractivity contribution >= 4 is 0 Å². The molecule has 2 atom stereocenters. The minimum Gasteiger partial charge on any atom is -0.497 e. The van der Waals surface area contributed by atoms with E-state index in [1.54, 1.807) is 7.11 Å². The Morgan fingerprint density at radius 1 is 1.33 bits per heavy atom. The smallest absolute Gasteiger partial charge is 0.118 e. The molecule has 0 saturated heterocycles. The molecule has 2 nitrogen and oxygen atoms in total. The molecule has 0 aromatic heterocycles. The first-order valence-corrected chi connectivity index (χ1v) is 5.54. The zero-order chi connectivity index (χ0) is 10.9. The molecule has 15 heavy (non-hydrogen) atoms. The molecule has 0 amide bonds. The van der Waals surface area contributed by atoms with E-state index in [4.69, 9.17) is 4.74 Å². The van der Waals surface area contributed by atoms with E-state index in [0.29, 0.717) is 5.92 Å². The molecule has 0 heterocycles. The number of methoxy groups -OCH3 is 1. The second kappa shape index (κ2) is 3.86. The van der Waals surface area contributed by atoms with Crippen molar-refractivity contribution in [1.29, 1.82) is 0 Å². The van der Waals surface area contributed by atoms with Crippen molar-refractivity contribution in [2.45, 2.75) is 31.8 Å². The lowest BCUT2D eigenvalue weighted by Gasteiger charge is -2.28. The highest BCUT2D eigenvalue weighted by Crippen LogP contribution is 2.43. The van der Waals surface area contributed by atoms with Gasteiger partial charge in [-0.05, 0) is 42.9 Å². The van der Waals surface area contributed by atoms with Crippen molar-refractivity contribution in [2.24, 2.45) is 5.92 Å². The standard InChI is InChI=1S/C13H18O2/c1-10-4-3-9-13(10,14)11-5-7-12(15-2)8-6-11/h5-8,10,14H,3-4,9H2,1-2H3/t10-,13-/m1/s1. The van der Waals surface area contributed by atoms with Gasteiger partial charge in [-0.3, -0.25) is 0 Å². The summed E-state index contributed by atoms with van der Waals surface area (Å²) in [6.07, 6.45) is 3.10. The summed E-state index contributed by atoms with van der Waals surface area (Å²) in [6, 6.07) is 7.78. The van der Waals surface area contributed by atoms with Gasteiger partial charge in [0.05, 0.1) is 12.7 Å². The molecular weight excluding hydrogens is 188 g/mol. The first-order valence-electron chi connectivity index (χ1n) is 5.54. The third-order valence-corrected chi connectivity index (χ3v) is 3.60. The number of hydrogen-bond acceptors (Lipinski definition) is 2. The van der Waals surface area contributed by atoms with Gasteiger partial charge in [-0.15, -0.1) is 0 Å². The van der Waals surface area contributed by atoms with E-state index < -0.39 is 5.60 Å². The Labute approximate surface area is 90.9 Å². The van der Waals surface area contributed by atoms with E-state index in [2.05, 4.69) is 6.92 Å². The summed E-state index contributed by atoms with van der Waals surface area (Å²) in [4.78, 5) is 0. The van der Waals surface area contributed by atoms with Crippen molar-refractivity contribution in [2.75, 3.05) is 7.11 Å². The monoisotopic (exact) mass is 206 g/mol. The minimum atomic E-state index is -0.619. The summed E-state index contributed by atoms with van der Waals surface area (Å²) < 4.78 is 5.11. The number of benzene rings is 1. The molecule has 1 fully saturated rings. The predicted octanol–water partition coefficient (Wildman–Crippen LogP) is 2.70. The van der Waals surface area contributed by atoms with Gasteiger partial charge in [0.25, 0.3) is 0 Å². The normalized spacial score (nSPS) is 30.5. The Hall–Kier alpha value is -1.02. The highest BCUT2D eigenvalue weighted by atomic mass is 16.5. The SMILES string of the molecule is COc1ccc([C@@]2(O)CCC[C@H]2C)cc1. The fraction of sp³-hybridized carbons (Fsp3) is 0.538. The number of ether oxygens (including phenoxy) is 1. The van der Waals surface area contributed by atoms with Gasteiger partial charge in [0.1, 0.15) is 5.75 Å². The molecule has 1 aliphatic carbocycles. The van der Waals surface area contributed by atoms with Crippen LogP contribution in [0.1, 0.15) is 31.7 Å². The molecule has 2 rings (SSSR count). The first kappa shape index (κ1) is 10.5. The molecule has 0 spiro atoms. The van der Waals surface area contributed by atoms with Crippen LogP contribution in [0.3, 0.4) is 0 Å². The number of aliphatic hydroxyl groups is 1. The molecule has 82 valence electrons. The highest BCUT2D eigenvalue weighted by Gasteiger charge is 2.39. The molecule has 1 aromatic rings. The van der Waals surface area contributed by atoms with Gasteiger partial charge < -0.3 is 9.84 Å². The Morgan fingerprint density at radius 3 is 2.47 bits per heavy atom. The second-order valence-electron chi connectivity index (χ2n) is 4.45. The quantitative estimate of drug-likeness (QED) is 0.806. The topological polar surface area (TPSA) is 29.5 Å². The molecule has 0 unspecified atom stereocenters. The Balaban J connectivity index is 2.28. The van der Waals surface area contributed by atoms with E-state index in [9.17, 15) is 5.11 Å². The Kier molecular flexibility index (Phi) is 2.70. The summed E-state index contributed by atoms with van der Waals surface area (Å²) in [7, 11) is 1.65. The van der Waals surface area contributed by atoms with E-state index in [1.165, 1.54) is 0 Å². The third-order valence-electron chi connectivity index (χ3n) is 3.60. The third kappa shape index (κ3) is 1.74. The van der Waals surface area contributed by atoms with Crippen LogP contribution in [-0.4, -0.2) is 12.2 Å². The number of hydrogen-bond donors (Lipinski definition) is 1. The van der Waals surface area contributed by atoms with Crippen molar-refractivity contribution in [1.82, 2.24) is 0 Å². The van der Waals surface area contributed by atoms with Crippen LogP contribution in [0.4, 0.5) is 0 Å². The molecule has 1 aliphatic rings. The van der Waals surface area contributed by atoms with E-state index >= 15 is 0 Å². The van der Waals surface area contributed by atoms with Crippen LogP contribution < -0.4 is 4.74 Å². The molecule has 0 radical (unpaired) electrons. The van der Waals surface area contributed by atoms with Crippen molar-refractivity contribution < 1.29 is 9.84 Å². The molecule has 0 aliphatic heterocycles. The van der Waals surface area contributed by atoms with Crippen LogP contribution in [0.5, 0.6) is 5.75 Å². The van der Waals surface area contributed by atoms with Crippen LogP contribution in [-0.2, 0) is 5.60 Å². The lowest BCUT2D eigenvalue weighted by molar-refractivity contribution is 0.00446. The summed E-state index contributed by atoms with van der Waals surface area (Å²) in [5.74, 6) is 1.19. The van der Waals surface area contributed by atoms with Gasteiger partial charge >= 0.3 is 0 Å². The maximum atomic E-state index is 10.6. The van der Waals surface area contributed by atoms with Crippen LogP contribution in [0.15, 0.2) is 24.3 Å². The van der Waals surface area contributed by atoms with Crippen molar-refractivity contribution in [3.8, 4) is 5.75 Å². The maximum Gasteiger partial charge on any atom is 0.118 e. The van der Waals surface area contributed by atoms with Crippen LogP contribution in [0.25, 0.3) is 0 Å². The zero-order valence-corrected chi connectivity index (χ0v) is 9.36. The average molecular weight is 206 g/mol. The average Bonchev–Trinajstić information content (AvgIpc) is 2.61. The van der Waals surface area contributed by atoms with Crippen molar-refractivity contribution in [3.63, 3.8) is 0 Å². The lowest BCUT2D eigenvalue weighted by atomic mass is 9.85. The molecule has 1 saturated carbocycles. The van der Waals surface area contributed by atoms with Gasteiger partial charge in [0.15, 0.2) is 0 Å². The molecule has 1 aromatic carbocycles. The summed E-state index contributed by atoms with van der Waals surface area (Å²) >= 11 is 0. The summed E-state index contributed by atoms with van der Waals surface area (Å²) in [5.41, 5.74) is 0.403. The van der Waals surface area contributed by atoms with Crippen LogP contribution >= 0.6 is 0 Å². The fourth-order valence-corrected chi connectivity index (χ4v) is 2.47. The van der Waals surface area contributed by atoms with Crippen LogP contribution in [0, 0.1) is 5.92 Å². The Bertz CT molecular complexity index is 331. The minimum absolute atomic E-state index is 0.353. The summed E-state index contributed by atoms with van der Waals surface area (Å²) in [5, 5.41) is 10.6. The fourth-order valence-electron chi connectivity index (χ4n) is 2.47. The van der Waals surface area contributed by atoms with E-state index in [1.807, 2.05) is 24.3 Å². The second-order valence-corrected chi connectivity index (χ2v) is 4.45. The van der Waals surface area contributed by atoms with Gasteiger partial charge in [-0.1, -0.05) is 19.1 Å². The van der Waals surface area contributed by atoms with Gasteiger partial charge in [0, 0.05) is 0 Å². The highest BCUT2D eigenvalue weighted by molar-refractivity contribution is 5.31. The van der Waals surface area contributed by atoms with E-state index in [-0.39, 0.29) is 0 Å². The van der Waals surface area contributed by atoms with Crippen LogP contribution in [0.2, 0.25) is 0 Å². The van der Waals surface area contributed by atoms with E-state index in [0.717, 1.165) is 30.6 Å². The largest absolute Gasteiger partial charge is 0.497 e. The molecule has 2 heteroatoms. The van der Waals surface area contributed by atoms with Gasteiger partial charge in [0.2, 0.25) is 0 Å². The van der Waals surface area contributed by atoms with Crippen molar-refractivity contribution in [3.05, 3.63) is 29.8 Å². The summed E-state index contributed by atoms with van der Waals surface area (Å²) in [6.45, 7) is 2.12. The Morgan fingerprint density at radius 2 is 2.00 bits per heavy atom.